The van der Waals surface area contributed by atoms with Crippen LogP contribution in [0.15, 0.2) is 42.5 Å². The number of anilines is 2. The van der Waals surface area contributed by atoms with Gasteiger partial charge in [-0.3, -0.25) is 19.3 Å². The lowest BCUT2D eigenvalue weighted by atomic mass is 9.80. The molecule has 6 atom stereocenters. The molecule has 11 heteroatoms. The number of esters is 1. The van der Waals surface area contributed by atoms with Crippen molar-refractivity contribution in [2.24, 2.45) is 23.7 Å². The molecular weight excluding hydrogens is 531 g/mol. The topological polar surface area (TPSA) is 102 Å². The normalized spacial score (nSPS) is 28.3. The number of hydrogen-bond donors (Lipinski definition) is 1. The third-order valence-corrected chi connectivity index (χ3v) is 8.67. The van der Waals surface area contributed by atoms with Crippen LogP contribution >= 0.6 is 34.8 Å². The molecule has 2 aromatic carbocycles. The maximum absolute atomic E-state index is 13.1. The van der Waals surface area contributed by atoms with Gasteiger partial charge < -0.3 is 14.8 Å². The molecule has 0 unspecified atom stereocenters. The standard InChI is InChI=1S/C25H21Cl3N2O6/c1-35-17-7-4-12(26)8-16(17)29-18(31)10-36-25(34)11-2-5-13(6-3-11)30-23(32)19-14-9-15(20(19)24(30)33)22(28)21(14)27/h2-8,14-15,19-22H,9-10H2,1H3,(H,29,31)/t14-,15-,19-,20+,21+,22+/m1/s1. The van der Waals surface area contributed by atoms with Crippen molar-refractivity contribution < 1.29 is 28.7 Å². The van der Waals surface area contributed by atoms with Gasteiger partial charge in [0.1, 0.15) is 5.75 Å². The molecule has 1 N–H and O–H groups in total. The van der Waals surface area contributed by atoms with E-state index in [4.69, 9.17) is 44.3 Å². The zero-order chi connectivity index (χ0) is 25.7. The van der Waals surface area contributed by atoms with Crippen molar-refractivity contribution in [1.82, 2.24) is 0 Å². The number of nitrogens with zero attached hydrogens (tertiary/aromatic N) is 1. The Morgan fingerprint density at radius 1 is 1.00 bits per heavy atom. The van der Waals surface area contributed by atoms with Crippen LogP contribution in [0.5, 0.6) is 5.75 Å². The van der Waals surface area contributed by atoms with Crippen molar-refractivity contribution >= 4 is 69.9 Å². The minimum Gasteiger partial charge on any atom is -0.495 e. The van der Waals surface area contributed by atoms with E-state index < -0.39 is 30.3 Å². The zero-order valence-corrected chi connectivity index (χ0v) is 21.2. The average molecular weight is 552 g/mol. The second-order valence-corrected chi connectivity index (χ2v) is 10.5. The quantitative estimate of drug-likeness (QED) is 0.329. The lowest BCUT2D eigenvalue weighted by Crippen LogP contribution is -2.37. The van der Waals surface area contributed by atoms with Crippen molar-refractivity contribution in [2.75, 3.05) is 23.9 Å². The summed E-state index contributed by atoms with van der Waals surface area (Å²) in [5, 5.41) is 2.32. The maximum Gasteiger partial charge on any atom is 0.338 e. The highest BCUT2D eigenvalue weighted by Gasteiger charge is 2.66. The van der Waals surface area contributed by atoms with Crippen LogP contribution in [0, 0.1) is 23.7 Å². The van der Waals surface area contributed by atoms with Crippen LogP contribution in [0.1, 0.15) is 16.8 Å². The molecule has 0 radical (unpaired) electrons. The van der Waals surface area contributed by atoms with Crippen molar-refractivity contribution in [1.29, 1.82) is 0 Å². The number of rotatable bonds is 6. The van der Waals surface area contributed by atoms with E-state index >= 15 is 0 Å². The molecule has 3 aliphatic rings. The number of halogens is 3. The van der Waals surface area contributed by atoms with Gasteiger partial charge in [-0.05, 0) is 60.7 Å². The molecular formula is C25H21Cl3N2O6. The first-order valence-corrected chi connectivity index (χ1v) is 12.5. The first kappa shape index (κ1) is 24.9. The number of hydrogen-bond acceptors (Lipinski definition) is 6. The second kappa shape index (κ2) is 9.57. The van der Waals surface area contributed by atoms with Gasteiger partial charge in [-0.25, -0.2) is 4.79 Å². The fourth-order valence-electron chi connectivity index (χ4n) is 5.53. The van der Waals surface area contributed by atoms with E-state index in [0.717, 1.165) is 4.90 Å². The highest BCUT2D eigenvalue weighted by atomic mass is 35.5. The summed E-state index contributed by atoms with van der Waals surface area (Å²) >= 11 is 18.8. The summed E-state index contributed by atoms with van der Waals surface area (Å²) in [6.07, 6.45) is 0.686. The molecule has 188 valence electrons. The molecule has 1 aliphatic heterocycles. The summed E-state index contributed by atoms with van der Waals surface area (Å²) in [5.74, 6) is -2.62. The number of carbonyl (C=O) groups excluding carboxylic acids is 4. The van der Waals surface area contributed by atoms with Crippen LogP contribution in [0.2, 0.25) is 5.02 Å². The van der Waals surface area contributed by atoms with Crippen LogP contribution in [0.4, 0.5) is 11.4 Å². The molecule has 2 aliphatic carbocycles. The van der Waals surface area contributed by atoms with E-state index in [9.17, 15) is 19.2 Å². The third-order valence-electron chi connectivity index (χ3n) is 7.12. The summed E-state index contributed by atoms with van der Waals surface area (Å²) in [7, 11) is 1.45. The van der Waals surface area contributed by atoms with Crippen molar-refractivity contribution in [3.8, 4) is 5.75 Å². The molecule has 8 nitrogen and oxygen atoms in total. The van der Waals surface area contributed by atoms with E-state index in [1.165, 1.54) is 37.4 Å². The predicted molar refractivity (Wildman–Crippen MR) is 134 cm³/mol. The van der Waals surface area contributed by atoms with Crippen molar-refractivity contribution in [3.63, 3.8) is 0 Å². The van der Waals surface area contributed by atoms with Crippen LogP contribution in [0.3, 0.4) is 0 Å². The van der Waals surface area contributed by atoms with Gasteiger partial charge in [-0.15, -0.1) is 23.2 Å². The summed E-state index contributed by atoms with van der Waals surface area (Å²) < 4.78 is 10.3. The molecule has 36 heavy (non-hydrogen) atoms. The van der Waals surface area contributed by atoms with Crippen LogP contribution in [-0.4, -0.2) is 48.2 Å². The highest BCUT2D eigenvalue weighted by Crippen LogP contribution is 2.59. The molecule has 3 amide bonds. The van der Waals surface area contributed by atoms with E-state index in [1.54, 1.807) is 12.1 Å². The van der Waals surface area contributed by atoms with Gasteiger partial charge in [-0.1, -0.05) is 11.6 Å². The Kier molecular flexibility index (Phi) is 6.61. The number of benzene rings is 2. The van der Waals surface area contributed by atoms with Gasteiger partial charge in [0.2, 0.25) is 11.8 Å². The summed E-state index contributed by atoms with van der Waals surface area (Å²) in [6.45, 7) is -0.537. The number of imide groups is 1. The Hall–Kier alpha value is -2.81. The number of methoxy groups -OCH3 is 1. The van der Waals surface area contributed by atoms with E-state index in [-0.39, 0.29) is 40.0 Å². The monoisotopic (exact) mass is 550 g/mol. The lowest BCUT2D eigenvalue weighted by Gasteiger charge is -2.28. The van der Waals surface area contributed by atoms with E-state index in [1.807, 2.05) is 0 Å². The Morgan fingerprint density at radius 2 is 1.61 bits per heavy atom. The molecule has 0 spiro atoms. The van der Waals surface area contributed by atoms with Gasteiger partial charge in [0.05, 0.1) is 46.6 Å². The summed E-state index contributed by atoms with van der Waals surface area (Å²) in [6, 6.07) is 10.6. The van der Waals surface area contributed by atoms with Crippen LogP contribution in [-0.2, 0) is 19.1 Å². The summed E-state index contributed by atoms with van der Waals surface area (Å²) in [4.78, 5) is 52.0. The SMILES string of the molecule is COc1ccc(Cl)cc1NC(=O)COC(=O)c1ccc(N2C(=O)[C@@H]3[C@H]4C[C@@H]([C@H](Cl)[C@H]4Cl)[C@@H]3C2=O)cc1. The first-order chi connectivity index (χ1) is 17.2. The van der Waals surface area contributed by atoms with Crippen molar-refractivity contribution in [2.45, 2.75) is 17.2 Å². The smallest absolute Gasteiger partial charge is 0.338 e. The fourth-order valence-corrected chi connectivity index (χ4v) is 6.59. The van der Waals surface area contributed by atoms with Crippen molar-refractivity contribution in [3.05, 3.63) is 53.1 Å². The molecule has 0 aromatic heterocycles. The van der Waals surface area contributed by atoms with Gasteiger partial charge in [-0.2, -0.15) is 0 Å². The van der Waals surface area contributed by atoms with Gasteiger partial charge >= 0.3 is 5.97 Å². The minimum atomic E-state index is -0.737. The predicted octanol–water partition coefficient (Wildman–Crippen LogP) is 4.11. The Bertz CT molecular complexity index is 1220. The fraction of sp³-hybridized carbons (Fsp3) is 0.360. The molecule has 1 saturated heterocycles. The molecule has 3 fully saturated rings. The Labute approximate surface area is 221 Å². The highest BCUT2D eigenvalue weighted by molar-refractivity contribution is 6.32. The average Bonchev–Trinajstić information content (AvgIpc) is 3.47. The number of fused-ring (bicyclic) bond motifs is 5. The summed E-state index contributed by atoms with van der Waals surface area (Å²) in [5.41, 5.74) is 0.862. The van der Waals surface area contributed by atoms with Gasteiger partial charge in [0.25, 0.3) is 5.91 Å². The molecule has 2 bridgehead atoms. The minimum absolute atomic E-state index is 0.113. The number of carbonyl (C=O) groups is 4. The van der Waals surface area contributed by atoms with Crippen LogP contribution < -0.4 is 15.0 Å². The van der Waals surface area contributed by atoms with E-state index in [0.29, 0.717) is 28.6 Å². The van der Waals surface area contributed by atoms with Crippen LogP contribution in [0.25, 0.3) is 0 Å². The first-order valence-electron chi connectivity index (χ1n) is 11.3. The Morgan fingerprint density at radius 3 is 2.19 bits per heavy atom. The number of alkyl halides is 2. The lowest BCUT2D eigenvalue weighted by molar-refractivity contribution is -0.123. The van der Waals surface area contributed by atoms with Gasteiger partial charge in [0.15, 0.2) is 6.61 Å². The van der Waals surface area contributed by atoms with E-state index in [2.05, 4.69) is 5.32 Å². The zero-order valence-electron chi connectivity index (χ0n) is 19.0. The molecule has 2 aromatic rings. The number of ether oxygens (including phenoxy) is 2. The molecule has 1 heterocycles. The molecule has 2 saturated carbocycles. The Balaban J connectivity index is 1.22. The van der Waals surface area contributed by atoms with Gasteiger partial charge in [0, 0.05) is 5.02 Å². The number of amides is 3. The third kappa shape index (κ3) is 4.11. The second-order valence-electron chi connectivity index (χ2n) is 9.03. The maximum atomic E-state index is 13.1. The molecule has 5 rings (SSSR count). The number of nitrogens with one attached hydrogen (secondary N) is 1. The largest absolute Gasteiger partial charge is 0.495 e.